The van der Waals surface area contributed by atoms with E-state index in [2.05, 4.69) is 15.1 Å². The van der Waals surface area contributed by atoms with E-state index in [0.717, 1.165) is 19.1 Å². The van der Waals surface area contributed by atoms with Crippen molar-refractivity contribution in [3.8, 4) is 0 Å². The van der Waals surface area contributed by atoms with Crippen LogP contribution >= 0.6 is 0 Å². The van der Waals surface area contributed by atoms with Crippen LogP contribution < -0.4 is 11.1 Å². The monoisotopic (exact) mass is 282 g/mol. The normalized spacial score (nSPS) is 26.3. The highest BCUT2D eigenvalue weighted by molar-refractivity contribution is 5.84. The molecule has 0 aliphatic carbocycles. The molecule has 0 saturated carbocycles. The van der Waals surface area contributed by atoms with Crippen LogP contribution in [0.25, 0.3) is 0 Å². The standard InChI is InChI=1S/C15H30N4O/c1-15(17-2,14(16)20)12-18-10-6-13(7-11-18)19-8-4-3-5-9-19/h13,17H,3-12H2,1-2H3,(H2,16,20). The molecular formula is C15H30N4O. The zero-order chi connectivity index (χ0) is 14.6. The van der Waals surface area contributed by atoms with Crippen molar-refractivity contribution in [2.75, 3.05) is 39.8 Å². The van der Waals surface area contributed by atoms with Gasteiger partial charge in [0.2, 0.25) is 5.91 Å². The lowest BCUT2D eigenvalue weighted by Crippen LogP contribution is -2.60. The molecule has 20 heavy (non-hydrogen) atoms. The zero-order valence-electron chi connectivity index (χ0n) is 13.0. The van der Waals surface area contributed by atoms with Gasteiger partial charge in [0.1, 0.15) is 5.54 Å². The average molecular weight is 282 g/mol. The van der Waals surface area contributed by atoms with Gasteiger partial charge in [-0.25, -0.2) is 0 Å². The Hall–Kier alpha value is -0.650. The predicted octanol–water partition coefficient (Wildman–Crippen LogP) is 0.400. The summed E-state index contributed by atoms with van der Waals surface area (Å²) < 4.78 is 0. The van der Waals surface area contributed by atoms with Crippen LogP contribution in [0, 0.1) is 0 Å². The smallest absolute Gasteiger partial charge is 0.238 e. The van der Waals surface area contributed by atoms with Gasteiger partial charge in [0.05, 0.1) is 0 Å². The molecule has 2 saturated heterocycles. The van der Waals surface area contributed by atoms with Crippen LogP contribution in [0.4, 0.5) is 0 Å². The summed E-state index contributed by atoms with van der Waals surface area (Å²) in [6.07, 6.45) is 6.56. The van der Waals surface area contributed by atoms with Crippen molar-refractivity contribution < 1.29 is 4.79 Å². The first-order valence-electron chi connectivity index (χ1n) is 8.00. The van der Waals surface area contributed by atoms with Gasteiger partial charge in [-0.3, -0.25) is 4.79 Å². The summed E-state index contributed by atoms with van der Waals surface area (Å²) in [5.74, 6) is -0.266. The van der Waals surface area contributed by atoms with E-state index in [1.54, 1.807) is 0 Å². The lowest BCUT2D eigenvalue weighted by molar-refractivity contribution is -0.124. The number of nitrogens with zero attached hydrogens (tertiary/aromatic N) is 2. The second-order valence-corrected chi connectivity index (χ2v) is 6.55. The Labute approximate surface area is 122 Å². The summed E-state index contributed by atoms with van der Waals surface area (Å²) in [6.45, 7) is 7.31. The van der Waals surface area contributed by atoms with Gasteiger partial charge in [-0.2, -0.15) is 0 Å². The molecule has 1 unspecified atom stereocenters. The van der Waals surface area contributed by atoms with Crippen LogP contribution in [0.15, 0.2) is 0 Å². The summed E-state index contributed by atoms with van der Waals surface area (Å²) in [5.41, 5.74) is 4.89. The minimum atomic E-state index is -0.613. The number of piperidine rings is 2. The van der Waals surface area contributed by atoms with Crippen molar-refractivity contribution in [2.24, 2.45) is 5.73 Å². The van der Waals surface area contributed by atoms with Gasteiger partial charge < -0.3 is 20.9 Å². The van der Waals surface area contributed by atoms with E-state index in [0.29, 0.717) is 6.54 Å². The maximum absolute atomic E-state index is 11.6. The number of hydrogen-bond acceptors (Lipinski definition) is 4. The van der Waals surface area contributed by atoms with Gasteiger partial charge in [-0.05, 0) is 65.8 Å². The first-order valence-corrected chi connectivity index (χ1v) is 8.00. The Bertz CT molecular complexity index is 322. The fourth-order valence-electron chi connectivity index (χ4n) is 3.45. The molecule has 5 heteroatoms. The number of primary amides is 1. The van der Waals surface area contributed by atoms with Crippen molar-refractivity contribution >= 4 is 5.91 Å². The number of nitrogens with two attached hydrogens (primary N) is 1. The lowest BCUT2D eigenvalue weighted by atomic mass is 9.96. The molecule has 3 N–H and O–H groups in total. The van der Waals surface area contributed by atoms with Gasteiger partial charge in [0.25, 0.3) is 0 Å². The summed E-state index contributed by atoms with van der Waals surface area (Å²) in [7, 11) is 1.81. The predicted molar refractivity (Wildman–Crippen MR) is 81.5 cm³/mol. The summed E-state index contributed by atoms with van der Waals surface area (Å²) in [5, 5.41) is 3.07. The number of rotatable bonds is 5. The second kappa shape index (κ2) is 6.87. The topological polar surface area (TPSA) is 61.6 Å². The molecule has 0 radical (unpaired) electrons. The molecule has 2 aliphatic heterocycles. The Morgan fingerprint density at radius 1 is 1.20 bits per heavy atom. The highest BCUT2D eigenvalue weighted by atomic mass is 16.1. The van der Waals surface area contributed by atoms with E-state index in [4.69, 9.17) is 5.73 Å². The Morgan fingerprint density at radius 2 is 1.80 bits per heavy atom. The first-order chi connectivity index (χ1) is 9.55. The molecule has 1 atom stereocenters. The van der Waals surface area contributed by atoms with Gasteiger partial charge in [0, 0.05) is 12.6 Å². The number of carbonyl (C=O) groups is 1. The molecule has 2 rings (SSSR count). The highest BCUT2D eigenvalue weighted by Gasteiger charge is 2.33. The van der Waals surface area contributed by atoms with Crippen molar-refractivity contribution in [1.29, 1.82) is 0 Å². The molecule has 1 amide bonds. The van der Waals surface area contributed by atoms with Gasteiger partial charge in [-0.1, -0.05) is 6.42 Å². The summed E-state index contributed by atoms with van der Waals surface area (Å²) in [6, 6.07) is 0.751. The quantitative estimate of drug-likeness (QED) is 0.766. The van der Waals surface area contributed by atoms with Crippen molar-refractivity contribution in [2.45, 2.75) is 50.6 Å². The molecule has 0 aromatic heterocycles. The van der Waals surface area contributed by atoms with Crippen LogP contribution in [-0.4, -0.2) is 67.1 Å². The van der Waals surface area contributed by atoms with E-state index in [9.17, 15) is 4.79 Å². The maximum Gasteiger partial charge on any atom is 0.238 e. The first kappa shape index (κ1) is 15.7. The molecule has 116 valence electrons. The molecule has 0 spiro atoms. The van der Waals surface area contributed by atoms with E-state index in [1.807, 2.05) is 14.0 Å². The number of likely N-dealkylation sites (N-methyl/N-ethyl adjacent to an activating group) is 1. The third-order valence-electron chi connectivity index (χ3n) is 5.10. The minimum Gasteiger partial charge on any atom is -0.368 e. The highest BCUT2D eigenvalue weighted by Crippen LogP contribution is 2.21. The van der Waals surface area contributed by atoms with Crippen LogP contribution in [0.3, 0.4) is 0 Å². The zero-order valence-corrected chi connectivity index (χ0v) is 13.0. The third kappa shape index (κ3) is 3.71. The van der Waals surface area contributed by atoms with Crippen molar-refractivity contribution in [3.63, 3.8) is 0 Å². The van der Waals surface area contributed by atoms with E-state index >= 15 is 0 Å². The fraction of sp³-hybridized carbons (Fsp3) is 0.933. The number of amides is 1. The van der Waals surface area contributed by atoms with Gasteiger partial charge >= 0.3 is 0 Å². The number of carbonyl (C=O) groups excluding carboxylic acids is 1. The van der Waals surface area contributed by atoms with Crippen LogP contribution in [0.5, 0.6) is 0 Å². The van der Waals surface area contributed by atoms with Gasteiger partial charge in [0.15, 0.2) is 0 Å². The van der Waals surface area contributed by atoms with Crippen molar-refractivity contribution in [3.05, 3.63) is 0 Å². The number of likely N-dealkylation sites (tertiary alicyclic amines) is 2. The number of nitrogens with one attached hydrogen (secondary N) is 1. The van der Waals surface area contributed by atoms with Crippen LogP contribution in [0.1, 0.15) is 39.0 Å². The molecule has 0 aromatic carbocycles. The van der Waals surface area contributed by atoms with E-state index in [1.165, 1.54) is 45.2 Å². The Morgan fingerprint density at radius 3 is 2.30 bits per heavy atom. The average Bonchev–Trinajstić information content (AvgIpc) is 2.48. The van der Waals surface area contributed by atoms with E-state index < -0.39 is 5.54 Å². The molecular weight excluding hydrogens is 252 g/mol. The number of hydrogen-bond donors (Lipinski definition) is 2. The van der Waals surface area contributed by atoms with Gasteiger partial charge in [-0.15, -0.1) is 0 Å². The lowest BCUT2D eigenvalue weighted by Gasteiger charge is -2.42. The summed E-state index contributed by atoms with van der Waals surface area (Å²) in [4.78, 5) is 16.6. The Kier molecular flexibility index (Phi) is 5.41. The molecule has 0 aromatic rings. The molecule has 2 heterocycles. The fourth-order valence-corrected chi connectivity index (χ4v) is 3.45. The minimum absolute atomic E-state index is 0.266. The van der Waals surface area contributed by atoms with Crippen LogP contribution in [0.2, 0.25) is 0 Å². The maximum atomic E-state index is 11.6. The second-order valence-electron chi connectivity index (χ2n) is 6.55. The van der Waals surface area contributed by atoms with Crippen LogP contribution in [-0.2, 0) is 4.79 Å². The molecule has 2 aliphatic rings. The largest absolute Gasteiger partial charge is 0.368 e. The third-order valence-corrected chi connectivity index (χ3v) is 5.10. The van der Waals surface area contributed by atoms with E-state index in [-0.39, 0.29) is 5.91 Å². The molecule has 5 nitrogen and oxygen atoms in total. The molecule has 2 fully saturated rings. The van der Waals surface area contributed by atoms with Crippen molar-refractivity contribution in [1.82, 2.24) is 15.1 Å². The SMILES string of the molecule is CNC(C)(CN1CCC(N2CCCCC2)CC1)C(N)=O. The summed E-state index contributed by atoms with van der Waals surface area (Å²) >= 11 is 0. The Balaban J connectivity index is 1.80. The molecule has 0 bridgehead atoms.